The van der Waals surface area contributed by atoms with Crippen LogP contribution in [0.4, 0.5) is 0 Å². The Morgan fingerprint density at radius 2 is 1.97 bits per heavy atom. The van der Waals surface area contributed by atoms with Crippen molar-refractivity contribution in [3.05, 3.63) is 29.7 Å². The molecule has 0 aliphatic carbocycles. The van der Waals surface area contributed by atoms with Crippen LogP contribution in [0.1, 0.15) is 37.7 Å². The molecule has 0 saturated carbocycles. The van der Waals surface area contributed by atoms with E-state index < -0.39 is 5.97 Å². The minimum Gasteiger partial charge on any atom is -0.491 e. The first-order valence-corrected chi connectivity index (χ1v) is 10.7. The van der Waals surface area contributed by atoms with Gasteiger partial charge in [0.05, 0.1) is 23.3 Å². The van der Waals surface area contributed by atoms with Crippen LogP contribution in [0.5, 0.6) is 5.75 Å². The molecule has 32 heavy (non-hydrogen) atoms. The Morgan fingerprint density at radius 3 is 2.75 bits per heavy atom. The monoisotopic (exact) mass is 443 g/mol. The molecule has 10 nitrogen and oxygen atoms in total. The summed E-state index contributed by atoms with van der Waals surface area (Å²) in [5.74, 6) is 0.784. The van der Waals surface area contributed by atoms with Gasteiger partial charge in [-0.05, 0) is 38.3 Å². The van der Waals surface area contributed by atoms with Crippen LogP contribution in [-0.2, 0) is 25.5 Å². The highest BCUT2D eigenvalue weighted by Gasteiger charge is 2.13. The van der Waals surface area contributed by atoms with Gasteiger partial charge < -0.3 is 19.5 Å². The fourth-order valence-corrected chi connectivity index (χ4v) is 3.36. The predicted octanol–water partition coefficient (Wildman–Crippen LogP) is 2.00. The van der Waals surface area contributed by atoms with Gasteiger partial charge >= 0.3 is 5.97 Å². The van der Waals surface area contributed by atoms with Gasteiger partial charge in [0.1, 0.15) is 18.2 Å². The third kappa shape index (κ3) is 6.13. The third-order valence-corrected chi connectivity index (χ3v) is 4.90. The standard InChI is InChI=1S/C22H29N5O5/c1-15-25-26-22-18(7-5-4-6-10-23-21(29)14-32-16(2)28)24-19-13-17(31-12-11-30-3)8-9-20(19)27(15)22/h8-9,13H,4-7,10-12,14H2,1-3H3,(H,23,29). The molecule has 0 fully saturated rings. The van der Waals surface area contributed by atoms with Gasteiger partial charge in [-0.25, -0.2) is 4.98 Å². The van der Waals surface area contributed by atoms with Gasteiger partial charge in [-0.15, -0.1) is 10.2 Å². The van der Waals surface area contributed by atoms with E-state index >= 15 is 0 Å². The Kier molecular flexibility index (Phi) is 8.32. The molecule has 1 N–H and O–H groups in total. The molecule has 10 heteroatoms. The zero-order valence-corrected chi connectivity index (χ0v) is 18.7. The lowest BCUT2D eigenvalue weighted by Gasteiger charge is -2.10. The topological polar surface area (TPSA) is 117 Å². The van der Waals surface area contributed by atoms with Crippen LogP contribution in [0.25, 0.3) is 16.7 Å². The van der Waals surface area contributed by atoms with Gasteiger partial charge in [0.2, 0.25) is 0 Å². The van der Waals surface area contributed by atoms with Crippen molar-refractivity contribution in [2.45, 2.75) is 39.5 Å². The molecule has 3 aromatic rings. The molecule has 0 atom stereocenters. The number of aromatic nitrogens is 4. The van der Waals surface area contributed by atoms with Crippen molar-refractivity contribution in [1.82, 2.24) is 24.9 Å². The number of unbranched alkanes of at least 4 members (excludes halogenated alkanes) is 2. The molecule has 0 aliphatic heterocycles. The number of amides is 1. The maximum absolute atomic E-state index is 11.6. The summed E-state index contributed by atoms with van der Waals surface area (Å²) >= 11 is 0. The van der Waals surface area contributed by atoms with E-state index in [1.54, 1.807) is 7.11 Å². The number of ether oxygens (including phenoxy) is 3. The van der Waals surface area contributed by atoms with E-state index in [0.29, 0.717) is 19.8 Å². The Hall–Kier alpha value is -3.27. The van der Waals surface area contributed by atoms with Crippen molar-refractivity contribution in [2.75, 3.05) is 33.5 Å². The van der Waals surface area contributed by atoms with Crippen LogP contribution in [-0.4, -0.2) is 64.9 Å². The molecule has 3 rings (SSSR count). The first-order valence-electron chi connectivity index (χ1n) is 10.7. The number of fused-ring (bicyclic) bond motifs is 3. The largest absolute Gasteiger partial charge is 0.491 e. The number of nitrogens with one attached hydrogen (secondary N) is 1. The fraction of sp³-hybridized carbons (Fsp3) is 0.500. The first kappa shape index (κ1) is 23.4. The van der Waals surface area contributed by atoms with Gasteiger partial charge in [-0.2, -0.15) is 0 Å². The van der Waals surface area contributed by atoms with E-state index in [1.807, 2.05) is 29.5 Å². The molecule has 172 valence electrons. The van der Waals surface area contributed by atoms with E-state index in [9.17, 15) is 9.59 Å². The number of hydrogen-bond donors (Lipinski definition) is 1. The highest BCUT2D eigenvalue weighted by molar-refractivity contribution is 5.80. The van der Waals surface area contributed by atoms with Crippen molar-refractivity contribution in [3.63, 3.8) is 0 Å². The van der Waals surface area contributed by atoms with Crippen LogP contribution in [0.2, 0.25) is 0 Å². The number of methoxy groups -OCH3 is 1. The number of rotatable bonds is 12. The summed E-state index contributed by atoms with van der Waals surface area (Å²) in [6, 6.07) is 5.80. The summed E-state index contributed by atoms with van der Waals surface area (Å²) in [7, 11) is 1.64. The first-order chi connectivity index (χ1) is 15.5. The highest BCUT2D eigenvalue weighted by atomic mass is 16.5. The van der Waals surface area contributed by atoms with Crippen LogP contribution < -0.4 is 10.1 Å². The Morgan fingerprint density at radius 1 is 1.12 bits per heavy atom. The van der Waals surface area contributed by atoms with Gasteiger partial charge in [0.15, 0.2) is 12.3 Å². The number of nitrogens with zero attached hydrogens (tertiary/aromatic N) is 4. The summed E-state index contributed by atoms with van der Waals surface area (Å²) < 4.78 is 17.4. The Bertz CT molecular complexity index is 1080. The van der Waals surface area contributed by atoms with E-state index in [-0.39, 0.29) is 12.5 Å². The Labute approximate surface area is 186 Å². The summed E-state index contributed by atoms with van der Waals surface area (Å²) in [6.45, 7) is 4.48. The maximum Gasteiger partial charge on any atom is 0.303 e. The summed E-state index contributed by atoms with van der Waals surface area (Å²) in [6.07, 6.45) is 3.36. The Balaban J connectivity index is 1.61. The molecule has 0 unspecified atom stereocenters. The number of aryl methyl sites for hydroxylation is 2. The fourth-order valence-electron chi connectivity index (χ4n) is 3.36. The average molecular weight is 444 g/mol. The van der Waals surface area contributed by atoms with Crippen molar-refractivity contribution < 1.29 is 23.8 Å². The predicted molar refractivity (Wildman–Crippen MR) is 118 cm³/mol. The quantitative estimate of drug-likeness (QED) is 0.334. The van der Waals surface area contributed by atoms with Gasteiger partial charge in [0.25, 0.3) is 5.91 Å². The van der Waals surface area contributed by atoms with E-state index in [1.165, 1.54) is 6.92 Å². The van der Waals surface area contributed by atoms with Crippen molar-refractivity contribution >= 4 is 28.6 Å². The van der Waals surface area contributed by atoms with Crippen LogP contribution in [0, 0.1) is 6.92 Å². The zero-order valence-electron chi connectivity index (χ0n) is 18.7. The van der Waals surface area contributed by atoms with Gasteiger partial charge in [0, 0.05) is 26.6 Å². The normalized spacial score (nSPS) is 11.1. The molecule has 0 bridgehead atoms. The number of esters is 1. The zero-order chi connectivity index (χ0) is 22.9. The van der Waals surface area contributed by atoms with Crippen LogP contribution in [0.3, 0.4) is 0 Å². The third-order valence-electron chi connectivity index (χ3n) is 4.90. The lowest BCUT2D eigenvalue weighted by atomic mass is 10.1. The SMILES string of the molecule is COCCOc1ccc2c(c1)nc(CCCCCNC(=O)COC(C)=O)c1nnc(C)n12. The molecule has 2 heterocycles. The molecule has 2 aromatic heterocycles. The lowest BCUT2D eigenvalue weighted by molar-refractivity contribution is -0.146. The smallest absolute Gasteiger partial charge is 0.303 e. The van der Waals surface area contributed by atoms with Crippen molar-refractivity contribution in [3.8, 4) is 5.75 Å². The maximum atomic E-state index is 11.6. The van der Waals surface area contributed by atoms with Gasteiger partial charge in [-0.3, -0.25) is 14.0 Å². The van der Waals surface area contributed by atoms with Crippen molar-refractivity contribution in [1.29, 1.82) is 0 Å². The van der Waals surface area contributed by atoms with Gasteiger partial charge in [-0.1, -0.05) is 6.42 Å². The van der Waals surface area contributed by atoms with E-state index in [2.05, 4.69) is 20.3 Å². The van der Waals surface area contributed by atoms with Crippen LogP contribution >= 0.6 is 0 Å². The number of carbonyl (C=O) groups excluding carboxylic acids is 2. The second-order valence-electron chi connectivity index (χ2n) is 7.40. The summed E-state index contributed by atoms with van der Waals surface area (Å²) in [5.41, 5.74) is 3.40. The van der Waals surface area contributed by atoms with E-state index in [4.69, 9.17) is 14.5 Å². The lowest BCUT2D eigenvalue weighted by Crippen LogP contribution is -2.29. The van der Waals surface area contributed by atoms with E-state index in [0.717, 1.165) is 59.6 Å². The molecular weight excluding hydrogens is 414 g/mol. The molecular formula is C22H29N5O5. The number of benzene rings is 1. The van der Waals surface area contributed by atoms with Crippen molar-refractivity contribution in [2.24, 2.45) is 0 Å². The minimum absolute atomic E-state index is 0.238. The molecule has 0 radical (unpaired) electrons. The van der Waals surface area contributed by atoms with Crippen LogP contribution in [0.15, 0.2) is 18.2 Å². The molecule has 1 aromatic carbocycles. The number of carbonyl (C=O) groups is 2. The average Bonchev–Trinajstić information content (AvgIpc) is 3.16. The summed E-state index contributed by atoms with van der Waals surface area (Å²) in [5, 5.41) is 11.3. The molecule has 1 amide bonds. The molecule has 0 aliphatic rings. The minimum atomic E-state index is -0.466. The molecule has 0 saturated heterocycles. The second kappa shape index (κ2) is 11.4. The number of hydrogen-bond acceptors (Lipinski definition) is 8. The highest BCUT2D eigenvalue weighted by Crippen LogP contribution is 2.24. The summed E-state index contributed by atoms with van der Waals surface area (Å²) in [4.78, 5) is 27.1. The second-order valence-corrected chi connectivity index (χ2v) is 7.40. The molecule has 0 spiro atoms.